The van der Waals surface area contributed by atoms with Crippen molar-refractivity contribution in [2.75, 3.05) is 0 Å². The van der Waals surface area contributed by atoms with Crippen LogP contribution in [0.3, 0.4) is 0 Å². The summed E-state index contributed by atoms with van der Waals surface area (Å²) in [5.41, 5.74) is 9.14. The summed E-state index contributed by atoms with van der Waals surface area (Å²) in [7, 11) is 0. The number of nitriles is 1. The van der Waals surface area contributed by atoms with Crippen LogP contribution in [0.4, 0.5) is 0 Å². The topological polar surface area (TPSA) is 67.6 Å². The van der Waals surface area contributed by atoms with Gasteiger partial charge >= 0.3 is 0 Å². The summed E-state index contributed by atoms with van der Waals surface area (Å²) in [6.07, 6.45) is 3.64. The maximum Gasteiger partial charge on any atom is 0.137 e. The predicted octanol–water partition coefficient (Wildman–Crippen LogP) is 4.25. The lowest BCUT2D eigenvalue weighted by molar-refractivity contribution is 0.514. The Morgan fingerprint density at radius 1 is 0.786 bits per heavy atom. The van der Waals surface area contributed by atoms with Crippen LogP contribution >= 0.6 is 0 Å². The standard InChI is InChI=1S/C24H20N4/c25-16-22(26)23-17-28(18-27-23)24(19-10-4-1-5-11-19,20-12-6-2-7-13-20)21-14-8-3-9-15-21/h1-15,17-18,22H,26H2. The fourth-order valence-electron chi connectivity index (χ4n) is 3.73. The van der Waals surface area contributed by atoms with Gasteiger partial charge in [-0.2, -0.15) is 5.26 Å². The molecule has 0 fully saturated rings. The van der Waals surface area contributed by atoms with Gasteiger partial charge in [-0.3, -0.25) is 0 Å². The van der Waals surface area contributed by atoms with E-state index < -0.39 is 11.6 Å². The smallest absolute Gasteiger partial charge is 0.137 e. The van der Waals surface area contributed by atoms with Crippen molar-refractivity contribution >= 4 is 0 Å². The zero-order valence-electron chi connectivity index (χ0n) is 15.3. The Labute approximate surface area is 164 Å². The van der Waals surface area contributed by atoms with Crippen LogP contribution in [0.15, 0.2) is 104 Å². The van der Waals surface area contributed by atoms with E-state index >= 15 is 0 Å². The quantitative estimate of drug-likeness (QED) is 0.538. The molecule has 1 aromatic heterocycles. The third-order valence-electron chi connectivity index (χ3n) is 5.02. The van der Waals surface area contributed by atoms with E-state index in [2.05, 4.69) is 52.0 Å². The van der Waals surface area contributed by atoms with Crippen LogP contribution in [0.1, 0.15) is 28.4 Å². The molecule has 0 aliphatic carbocycles. The van der Waals surface area contributed by atoms with Crippen LogP contribution < -0.4 is 5.73 Å². The second-order valence-corrected chi connectivity index (χ2v) is 6.62. The summed E-state index contributed by atoms with van der Waals surface area (Å²) in [6.45, 7) is 0. The molecule has 0 saturated heterocycles. The normalized spacial score (nSPS) is 12.3. The third-order valence-corrected chi connectivity index (χ3v) is 5.02. The predicted molar refractivity (Wildman–Crippen MR) is 109 cm³/mol. The SMILES string of the molecule is N#CC(N)c1cn(C(c2ccccc2)(c2ccccc2)c2ccccc2)cn1. The Bertz CT molecular complexity index is 983. The van der Waals surface area contributed by atoms with Crippen LogP contribution in [-0.2, 0) is 5.54 Å². The fourth-order valence-corrected chi connectivity index (χ4v) is 3.73. The molecule has 0 bridgehead atoms. The molecular weight excluding hydrogens is 344 g/mol. The van der Waals surface area contributed by atoms with Gasteiger partial charge in [0.25, 0.3) is 0 Å². The first-order valence-corrected chi connectivity index (χ1v) is 9.13. The molecule has 1 heterocycles. The number of nitrogens with two attached hydrogens (primary N) is 1. The van der Waals surface area contributed by atoms with E-state index in [1.807, 2.05) is 60.8 Å². The molecule has 0 radical (unpaired) electrons. The second-order valence-electron chi connectivity index (χ2n) is 6.62. The average Bonchev–Trinajstić information content (AvgIpc) is 3.26. The van der Waals surface area contributed by atoms with Gasteiger partial charge in [-0.15, -0.1) is 0 Å². The lowest BCUT2D eigenvalue weighted by atomic mass is 9.77. The molecule has 1 unspecified atom stereocenters. The third kappa shape index (κ3) is 2.88. The molecule has 0 spiro atoms. The van der Waals surface area contributed by atoms with Gasteiger partial charge in [0, 0.05) is 6.20 Å². The summed E-state index contributed by atoms with van der Waals surface area (Å²) in [5, 5.41) is 9.23. The van der Waals surface area contributed by atoms with E-state index in [1.54, 1.807) is 6.33 Å². The number of hydrogen-bond donors (Lipinski definition) is 1. The molecule has 0 aliphatic rings. The van der Waals surface area contributed by atoms with Crippen molar-refractivity contribution < 1.29 is 0 Å². The lowest BCUT2D eigenvalue weighted by Crippen LogP contribution is -2.37. The molecule has 0 aliphatic heterocycles. The molecule has 4 aromatic rings. The van der Waals surface area contributed by atoms with Gasteiger partial charge in [0.2, 0.25) is 0 Å². The summed E-state index contributed by atoms with van der Waals surface area (Å²) < 4.78 is 2.06. The van der Waals surface area contributed by atoms with Crippen LogP contribution in [0.25, 0.3) is 0 Å². The minimum absolute atomic E-state index is 0.551. The molecule has 3 aromatic carbocycles. The Morgan fingerprint density at radius 3 is 1.61 bits per heavy atom. The number of imidazole rings is 1. The van der Waals surface area contributed by atoms with E-state index in [1.165, 1.54) is 0 Å². The minimum Gasteiger partial charge on any atom is -0.319 e. The Kier molecular flexibility index (Phi) is 4.76. The molecule has 0 amide bonds. The van der Waals surface area contributed by atoms with Gasteiger partial charge in [0.1, 0.15) is 11.6 Å². The van der Waals surface area contributed by atoms with Crippen LogP contribution in [0.2, 0.25) is 0 Å². The summed E-state index contributed by atoms with van der Waals surface area (Å²) >= 11 is 0. The first-order valence-electron chi connectivity index (χ1n) is 9.13. The van der Waals surface area contributed by atoms with Gasteiger partial charge in [-0.05, 0) is 16.7 Å². The van der Waals surface area contributed by atoms with Gasteiger partial charge in [0.05, 0.1) is 18.1 Å². The highest BCUT2D eigenvalue weighted by Gasteiger charge is 2.38. The first kappa shape index (κ1) is 17.7. The summed E-state index contributed by atoms with van der Waals surface area (Å²) in [4.78, 5) is 4.44. The highest BCUT2D eigenvalue weighted by molar-refractivity contribution is 5.50. The van der Waals surface area contributed by atoms with Crippen LogP contribution in [0.5, 0.6) is 0 Å². The maximum atomic E-state index is 9.23. The number of hydrogen-bond acceptors (Lipinski definition) is 3. The molecule has 4 nitrogen and oxygen atoms in total. The summed E-state index contributed by atoms with van der Waals surface area (Å²) in [5.74, 6) is 0. The van der Waals surface area contributed by atoms with E-state index in [0.717, 1.165) is 16.7 Å². The first-order chi connectivity index (χ1) is 13.8. The Hall–Kier alpha value is -3.68. The molecule has 0 saturated carbocycles. The van der Waals surface area contributed by atoms with Crippen LogP contribution in [0, 0.1) is 11.3 Å². The van der Waals surface area contributed by atoms with Crippen molar-refractivity contribution in [3.05, 3.63) is 126 Å². The molecule has 4 heteroatoms. The molecular formula is C24H20N4. The molecule has 136 valence electrons. The molecule has 4 rings (SSSR count). The highest BCUT2D eigenvalue weighted by atomic mass is 15.1. The molecule has 28 heavy (non-hydrogen) atoms. The van der Waals surface area contributed by atoms with Crippen molar-refractivity contribution in [3.63, 3.8) is 0 Å². The maximum absolute atomic E-state index is 9.23. The monoisotopic (exact) mass is 364 g/mol. The Balaban J connectivity index is 2.08. The van der Waals surface area contributed by atoms with Crippen LogP contribution in [-0.4, -0.2) is 9.55 Å². The van der Waals surface area contributed by atoms with Crippen molar-refractivity contribution in [2.45, 2.75) is 11.6 Å². The molecule has 2 N–H and O–H groups in total. The number of benzene rings is 3. The zero-order chi connectivity index (χ0) is 19.4. The largest absolute Gasteiger partial charge is 0.319 e. The van der Waals surface area contributed by atoms with Crippen molar-refractivity contribution in [3.8, 4) is 6.07 Å². The average molecular weight is 364 g/mol. The Morgan fingerprint density at radius 2 is 1.21 bits per heavy atom. The summed E-state index contributed by atoms with van der Waals surface area (Å²) in [6, 6.07) is 32.2. The van der Waals surface area contributed by atoms with Gasteiger partial charge < -0.3 is 10.3 Å². The molecule has 1 atom stereocenters. The van der Waals surface area contributed by atoms with E-state index in [9.17, 15) is 5.26 Å². The zero-order valence-corrected chi connectivity index (χ0v) is 15.3. The van der Waals surface area contributed by atoms with E-state index in [4.69, 9.17) is 5.73 Å². The van der Waals surface area contributed by atoms with Gasteiger partial charge in [0.15, 0.2) is 0 Å². The second kappa shape index (κ2) is 7.51. The number of aromatic nitrogens is 2. The van der Waals surface area contributed by atoms with Crippen molar-refractivity contribution in [1.82, 2.24) is 9.55 Å². The number of rotatable bonds is 5. The van der Waals surface area contributed by atoms with E-state index in [0.29, 0.717) is 5.69 Å². The van der Waals surface area contributed by atoms with Crippen molar-refractivity contribution in [1.29, 1.82) is 5.26 Å². The van der Waals surface area contributed by atoms with Gasteiger partial charge in [-0.1, -0.05) is 91.0 Å². The van der Waals surface area contributed by atoms with Gasteiger partial charge in [-0.25, -0.2) is 4.98 Å². The lowest BCUT2D eigenvalue weighted by Gasteiger charge is -2.37. The highest BCUT2D eigenvalue weighted by Crippen LogP contribution is 2.40. The van der Waals surface area contributed by atoms with Crippen molar-refractivity contribution in [2.24, 2.45) is 5.73 Å². The number of nitrogens with zero attached hydrogens (tertiary/aromatic N) is 3. The minimum atomic E-state index is -0.763. The fraction of sp³-hybridized carbons (Fsp3) is 0.0833. The van der Waals surface area contributed by atoms with E-state index in [-0.39, 0.29) is 0 Å².